The molecular formula is C20H23ClO3. The summed E-state index contributed by atoms with van der Waals surface area (Å²) >= 11 is 6.16. The summed E-state index contributed by atoms with van der Waals surface area (Å²) in [4.78, 5) is 11.8. The first kappa shape index (κ1) is 18.3. The summed E-state index contributed by atoms with van der Waals surface area (Å²) in [5, 5.41) is 10.3. The number of unbranched alkanes of at least 4 members (excludes halogenated alkanes) is 1. The van der Waals surface area contributed by atoms with Crippen molar-refractivity contribution in [2.24, 2.45) is 0 Å². The van der Waals surface area contributed by atoms with Gasteiger partial charge in [0.1, 0.15) is 5.75 Å². The maximum Gasteiger partial charge on any atom is 0.311 e. The number of aliphatic carboxylic acids is 1. The molecule has 0 heterocycles. The lowest BCUT2D eigenvalue weighted by Gasteiger charge is -2.17. The zero-order chi connectivity index (χ0) is 17.5. The Bertz CT molecular complexity index is 697. The van der Waals surface area contributed by atoms with E-state index < -0.39 is 11.9 Å². The van der Waals surface area contributed by atoms with Gasteiger partial charge < -0.3 is 9.84 Å². The van der Waals surface area contributed by atoms with Crippen molar-refractivity contribution >= 4 is 17.6 Å². The van der Waals surface area contributed by atoms with Crippen molar-refractivity contribution < 1.29 is 14.6 Å². The van der Waals surface area contributed by atoms with Crippen LogP contribution in [0.25, 0.3) is 0 Å². The first-order valence-corrected chi connectivity index (χ1v) is 8.60. The smallest absolute Gasteiger partial charge is 0.311 e. The van der Waals surface area contributed by atoms with E-state index >= 15 is 0 Å². The maximum atomic E-state index is 11.8. The van der Waals surface area contributed by atoms with Crippen molar-refractivity contribution in [3.8, 4) is 5.75 Å². The summed E-state index contributed by atoms with van der Waals surface area (Å²) in [6, 6.07) is 13.1. The highest BCUT2D eigenvalue weighted by Crippen LogP contribution is 2.29. The van der Waals surface area contributed by atoms with Crippen molar-refractivity contribution in [1.29, 1.82) is 0 Å². The van der Waals surface area contributed by atoms with Gasteiger partial charge in [-0.25, -0.2) is 0 Å². The molecule has 0 spiro atoms. The number of rotatable bonds is 8. The first-order valence-electron chi connectivity index (χ1n) is 8.22. The molecule has 0 radical (unpaired) electrons. The number of ether oxygens (including phenoxy) is 1. The molecule has 0 aliphatic rings. The third kappa shape index (κ3) is 4.75. The van der Waals surface area contributed by atoms with Gasteiger partial charge in [-0.1, -0.05) is 55.3 Å². The predicted octanol–water partition coefficient (Wildman–Crippen LogP) is 5.24. The number of carboxylic acid groups (broad SMARTS) is 1. The van der Waals surface area contributed by atoms with Crippen LogP contribution in [0.3, 0.4) is 0 Å². The molecule has 0 bridgehead atoms. The van der Waals surface area contributed by atoms with Gasteiger partial charge in [0.25, 0.3) is 0 Å². The molecular weight excluding hydrogens is 324 g/mol. The molecule has 24 heavy (non-hydrogen) atoms. The fourth-order valence-electron chi connectivity index (χ4n) is 2.53. The number of aryl methyl sites for hydroxylation is 1. The van der Waals surface area contributed by atoms with Crippen LogP contribution in [0.5, 0.6) is 5.75 Å². The quantitative estimate of drug-likeness (QED) is 0.665. The molecule has 1 unspecified atom stereocenters. The fraction of sp³-hybridized carbons (Fsp3) is 0.350. The van der Waals surface area contributed by atoms with Gasteiger partial charge >= 0.3 is 5.97 Å². The van der Waals surface area contributed by atoms with E-state index in [0.29, 0.717) is 23.6 Å². The molecule has 0 fully saturated rings. The van der Waals surface area contributed by atoms with Crippen molar-refractivity contribution in [1.82, 2.24) is 0 Å². The van der Waals surface area contributed by atoms with Crippen LogP contribution in [0.15, 0.2) is 42.5 Å². The molecule has 0 aliphatic heterocycles. The average molecular weight is 347 g/mol. The molecule has 0 saturated carbocycles. The normalized spacial score (nSPS) is 12.0. The van der Waals surface area contributed by atoms with Crippen LogP contribution in [0, 0.1) is 6.92 Å². The summed E-state index contributed by atoms with van der Waals surface area (Å²) in [5.41, 5.74) is 2.55. The van der Waals surface area contributed by atoms with Crippen LogP contribution in [-0.4, -0.2) is 17.7 Å². The number of halogens is 1. The van der Waals surface area contributed by atoms with E-state index in [1.54, 1.807) is 6.07 Å². The van der Waals surface area contributed by atoms with E-state index in [0.717, 1.165) is 29.7 Å². The lowest BCUT2D eigenvalue weighted by atomic mass is 9.91. The second kappa shape index (κ2) is 8.74. The highest BCUT2D eigenvalue weighted by atomic mass is 35.5. The van der Waals surface area contributed by atoms with Gasteiger partial charge in [0, 0.05) is 5.02 Å². The third-order valence-electron chi connectivity index (χ3n) is 4.05. The van der Waals surface area contributed by atoms with Crippen LogP contribution < -0.4 is 4.74 Å². The summed E-state index contributed by atoms with van der Waals surface area (Å²) < 4.78 is 5.82. The van der Waals surface area contributed by atoms with E-state index in [9.17, 15) is 9.90 Å². The standard InChI is InChI=1S/C20H23ClO3/c1-3-4-11-24-19-8-6-5-7-16(19)12-17(20(22)23)15-10-9-14(2)18(21)13-15/h5-10,13,17H,3-4,11-12H2,1-2H3,(H,22,23). The monoisotopic (exact) mass is 346 g/mol. The van der Waals surface area contributed by atoms with Crippen molar-refractivity contribution in [3.05, 3.63) is 64.2 Å². The zero-order valence-electron chi connectivity index (χ0n) is 14.1. The van der Waals surface area contributed by atoms with Crippen LogP contribution in [0.2, 0.25) is 5.02 Å². The molecule has 2 aromatic rings. The highest BCUT2D eigenvalue weighted by Gasteiger charge is 2.22. The maximum absolute atomic E-state index is 11.8. The van der Waals surface area contributed by atoms with Gasteiger partial charge in [-0.05, 0) is 48.6 Å². The number of benzene rings is 2. The molecule has 0 aliphatic carbocycles. The minimum Gasteiger partial charge on any atom is -0.493 e. The van der Waals surface area contributed by atoms with Crippen LogP contribution >= 0.6 is 11.6 Å². The molecule has 0 saturated heterocycles. The molecule has 0 aromatic heterocycles. The zero-order valence-corrected chi connectivity index (χ0v) is 14.8. The van der Waals surface area contributed by atoms with Gasteiger partial charge in [-0.15, -0.1) is 0 Å². The average Bonchev–Trinajstić information content (AvgIpc) is 2.56. The molecule has 2 aromatic carbocycles. The molecule has 1 N–H and O–H groups in total. The highest BCUT2D eigenvalue weighted by molar-refractivity contribution is 6.31. The van der Waals surface area contributed by atoms with Crippen molar-refractivity contribution in [2.75, 3.05) is 6.61 Å². The van der Waals surface area contributed by atoms with Crippen LogP contribution in [0.4, 0.5) is 0 Å². The van der Waals surface area contributed by atoms with E-state index in [2.05, 4.69) is 6.92 Å². The number of carbonyl (C=O) groups is 1. The van der Waals surface area contributed by atoms with Crippen molar-refractivity contribution in [2.45, 2.75) is 39.0 Å². The Morgan fingerprint density at radius 3 is 2.67 bits per heavy atom. The summed E-state index contributed by atoms with van der Waals surface area (Å²) in [7, 11) is 0. The summed E-state index contributed by atoms with van der Waals surface area (Å²) in [6.07, 6.45) is 2.41. The van der Waals surface area contributed by atoms with Gasteiger partial charge in [-0.3, -0.25) is 4.79 Å². The Morgan fingerprint density at radius 1 is 1.25 bits per heavy atom. The fourth-order valence-corrected chi connectivity index (χ4v) is 2.72. The van der Waals surface area contributed by atoms with Gasteiger partial charge in [0.15, 0.2) is 0 Å². The number of carboxylic acids is 1. The van der Waals surface area contributed by atoms with Crippen LogP contribution in [-0.2, 0) is 11.2 Å². The van der Waals surface area contributed by atoms with E-state index in [4.69, 9.17) is 16.3 Å². The minimum absolute atomic E-state index is 0.372. The lowest BCUT2D eigenvalue weighted by Crippen LogP contribution is -2.15. The Morgan fingerprint density at radius 2 is 2.00 bits per heavy atom. The first-order chi connectivity index (χ1) is 11.5. The summed E-state index contributed by atoms with van der Waals surface area (Å²) in [5.74, 6) is -0.757. The number of para-hydroxylation sites is 1. The van der Waals surface area contributed by atoms with Crippen LogP contribution in [0.1, 0.15) is 42.4 Å². The second-order valence-corrected chi connectivity index (χ2v) is 6.32. The second-order valence-electron chi connectivity index (χ2n) is 5.91. The molecule has 4 heteroatoms. The van der Waals surface area contributed by atoms with E-state index in [1.165, 1.54) is 0 Å². The molecule has 2 rings (SSSR count). The Balaban J connectivity index is 2.25. The largest absolute Gasteiger partial charge is 0.493 e. The number of hydrogen-bond acceptors (Lipinski definition) is 2. The van der Waals surface area contributed by atoms with E-state index in [1.807, 2.05) is 43.3 Å². The molecule has 1 atom stereocenters. The topological polar surface area (TPSA) is 46.5 Å². The Kier molecular flexibility index (Phi) is 6.68. The lowest BCUT2D eigenvalue weighted by molar-refractivity contribution is -0.138. The Labute approximate surface area is 148 Å². The third-order valence-corrected chi connectivity index (χ3v) is 4.46. The molecule has 128 valence electrons. The summed E-state index contributed by atoms with van der Waals surface area (Å²) in [6.45, 7) is 4.65. The van der Waals surface area contributed by atoms with Gasteiger partial charge in [-0.2, -0.15) is 0 Å². The molecule has 3 nitrogen and oxygen atoms in total. The minimum atomic E-state index is -0.863. The van der Waals surface area contributed by atoms with E-state index in [-0.39, 0.29) is 0 Å². The Hall–Kier alpha value is -2.00. The SMILES string of the molecule is CCCCOc1ccccc1CC(C(=O)O)c1ccc(C)c(Cl)c1. The van der Waals surface area contributed by atoms with Crippen molar-refractivity contribution in [3.63, 3.8) is 0 Å². The van der Waals surface area contributed by atoms with Gasteiger partial charge in [0.05, 0.1) is 12.5 Å². The number of hydrogen-bond donors (Lipinski definition) is 1. The predicted molar refractivity (Wildman–Crippen MR) is 97.1 cm³/mol. The molecule has 0 amide bonds. The van der Waals surface area contributed by atoms with Gasteiger partial charge in [0.2, 0.25) is 0 Å².